The SMILES string of the molecule is CCCN(CC(=O)N(Cc1ccco1)C[C@@H]1CCCO1)C(=O)C1CCCC1. The molecule has 0 unspecified atom stereocenters. The van der Waals surface area contributed by atoms with Crippen LogP contribution in [0.1, 0.15) is 57.6 Å². The van der Waals surface area contributed by atoms with Crippen LogP contribution < -0.4 is 0 Å². The molecule has 1 aromatic rings. The molecule has 6 nitrogen and oxygen atoms in total. The minimum Gasteiger partial charge on any atom is -0.467 e. The number of hydrogen-bond donors (Lipinski definition) is 0. The largest absolute Gasteiger partial charge is 0.467 e. The van der Waals surface area contributed by atoms with E-state index in [9.17, 15) is 9.59 Å². The van der Waals surface area contributed by atoms with Crippen molar-refractivity contribution in [1.82, 2.24) is 9.80 Å². The summed E-state index contributed by atoms with van der Waals surface area (Å²) in [5, 5.41) is 0. The lowest BCUT2D eigenvalue weighted by Gasteiger charge is -2.30. The van der Waals surface area contributed by atoms with E-state index in [1.165, 1.54) is 0 Å². The summed E-state index contributed by atoms with van der Waals surface area (Å²) in [6, 6.07) is 3.71. The van der Waals surface area contributed by atoms with Crippen LogP contribution in [0.4, 0.5) is 0 Å². The highest BCUT2D eigenvalue weighted by molar-refractivity contribution is 5.86. The van der Waals surface area contributed by atoms with Crippen molar-refractivity contribution in [3.63, 3.8) is 0 Å². The molecular formula is C21H32N2O4. The monoisotopic (exact) mass is 376 g/mol. The summed E-state index contributed by atoms with van der Waals surface area (Å²) in [4.78, 5) is 29.5. The number of carbonyl (C=O) groups excluding carboxylic acids is 2. The van der Waals surface area contributed by atoms with Crippen molar-refractivity contribution in [2.75, 3.05) is 26.2 Å². The molecule has 6 heteroatoms. The van der Waals surface area contributed by atoms with Crippen molar-refractivity contribution < 1.29 is 18.7 Å². The number of rotatable bonds is 9. The van der Waals surface area contributed by atoms with Gasteiger partial charge in [0, 0.05) is 25.6 Å². The maximum atomic E-state index is 13.1. The van der Waals surface area contributed by atoms with Gasteiger partial charge in [0.15, 0.2) is 0 Å². The summed E-state index contributed by atoms with van der Waals surface area (Å²) in [7, 11) is 0. The molecule has 2 amide bonds. The third-order valence-electron chi connectivity index (χ3n) is 5.56. The highest BCUT2D eigenvalue weighted by atomic mass is 16.5. The molecule has 1 aromatic heterocycles. The predicted molar refractivity (Wildman–Crippen MR) is 102 cm³/mol. The highest BCUT2D eigenvalue weighted by Gasteiger charge is 2.30. The van der Waals surface area contributed by atoms with Gasteiger partial charge in [-0.05, 0) is 44.2 Å². The molecule has 2 heterocycles. The Morgan fingerprint density at radius 2 is 1.96 bits per heavy atom. The molecule has 1 aliphatic heterocycles. The molecule has 27 heavy (non-hydrogen) atoms. The van der Waals surface area contributed by atoms with Crippen molar-refractivity contribution in [2.24, 2.45) is 5.92 Å². The molecule has 1 saturated heterocycles. The molecule has 0 aromatic carbocycles. The number of ether oxygens (including phenoxy) is 1. The molecule has 0 spiro atoms. The Morgan fingerprint density at radius 3 is 2.59 bits per heavy atom. The molecule has 2 fully saturated rings. The topological polar surface area (TPSA) is 63.0 Å². The second kappa shape index (κ2) is 9.93. The summed E-state index contributed by atoms with van der Waals surface area (Å²) in [5.41, 5.74) is 0. The zero-order valence-electron chi connectivity index (χ0n) is 16.4. The lowest BCUT2D eigenvalue weighted by atomic mass is 10.1. The number of amides is 2. The first kappa shape index (κ1) is 19.9. The van der Waals surface area contributed by atoms with Crippen LogP contribution in [0.3, 0.4) is 0 Å². The molecule has 2 aliphatic rings. The summed E-state index contributed by atoms with van der Waals surface area (Å²) in [5.74, 6) is 0.978. The van der Waals surface area contributed by atoms with Gasteiger partial charge in [-0.3, -0.25) is 9.59 Å². The van der Waals surface area contributed by atoms with Crippen LogP contribution in [0.5, 0.6) is 0 Å². The molecule has 0 bridgehead atoms. The van der Waals surface area contributed by atoms with E-state index in [1.54, 1.807) is 16.1 Å². The van der Waals surface area contributed by atoms with Crippen molar-refractivity contribution in [2.45, 2.75) is 64.5 Å². The van der Waals surface area contributed by atoms with E-state index in [1.807, 2.05) is 19.1 Å². The number of hydrogen-bond acceptors (Lipinski definition) is 4. The molecule has 0 radical (unpaired) electrons. The van der Waals surface area contributed by atoms with E-state index < -0.39 is 0 Å². The van der Waals surface area contributed by atoms with Gasteiger partial charge in [-0.2, -0.15) is 0 Å². The van der Waals surface area contributed by atoms with Crippen LogP contribution in [0, 0.1) is 5.92 Å². The van der Waals surface area contributed by atoms with Gasteiger partial charge in [0.25, 0.3) is 0 Å². The Balaban J connectivity index is 1.65. The summed E-state index contributed by atoms with van der Waals surface area (Å²) < 4.78 is 11.2. The van der Waals surface area contributed by atoms with E-state index in [0.29, 0.717) is 19.6 Å². The fraction of sp³-hybridized carbons (Fsp3) is 0.714. The molecule has 1 saturated carbocycles. The number of carbonyl (C=O) groups is 2. The highest BCUT2D eigenvalue weighted by Crippen LogP contribution is 2.26. The van der Waals surface area contributed by atoms with Gasteiger partial charge < -0.3 is 19.0 Å². The second-order valence-corrected chi connectivity index (χ2v) is 7.73. The zero-order chi connectivity index (χ0) is 19.1. The average molecular weight is 376 g/mol. The van der Waals surface area contributed by atoms with Gasteiger partial charge in [0.05, 0.1) is 25.5 Å². The maximum absolute atomic E-state index is 13.1. The third kappa shape index (κ3) is 5.58. The Morgan fingerprint density at radius 1 is 1.15 bits per heavy atom. The van der Waals surface area contributed by atoms with Crippen molar-refractivity contribution in [3.8, 4) is 0 Å². The molecule has 1 atom stereocenters. The third-order valence-corrected chi connectivity index (χ3v) is 5.56. The van der Waals surface area contributed by atoms with Gasteiger partial charge in [-0.15, -0.1) is 0 Å². The van der Waals surface area contributed by atoms with E-state index in [0.717, 1.165) is 57.3 Å². The predicted octanol–water partition coefficient (Wildman–Crippen LogP) is 3.22. The molecule has 1 aliphatic carbocycles. The molecule has 150 valence electrons. The van der Waals surface area contributed by atoms with Crippen LogP contribution in [0.2, 0.25) is 0 Å². The Kier molecular flexibility index (Phi) is 7.33. The standard InChI is InChI=1S/C21H32N2O4/c1-2-11-22(21(25)17-7-3-4-8-17)16-20(24)23(14-18-9-5-12-26-18)15-19-10-6-13-27-19/h5,9,12,17,19H,2-4,6-8,10-11,13-16H2,1H3/t19-/m0/s1. The second-order valence-electron chi connectivity index (χ2n) is 7.73. The zero-order valence-corrected chi connectivity index (χ0v) is 16.4. The number of nitrogens with zero attached hydrogens (tertiary/aromatic N) is 2. The smallest absolute Gasteiger partial charge is 0.242 e. The first-order chi connectivity index (χ1) is 13.2. The maximum Gasteiger partial charge on any atom is 0.242 e. The van der Waals surface area contributed by atoms with Gasteiger partial charge in [-0.1, -0.05) is 19.8 Å². The lowest BCUT2D eigenvalue weighted by molar-refractivity contribution is -0.144. The summed E-state index contributed by atoms with van der Waals surface area (Å²) in [6.07, 6.45) is 8.72. The van der Waals surface area contributed by atoms with Crippen LogP contribution in [0.25, 0.3) is 0 Å². The van der Waals surface area contributed by atoms with E-state index in [2.05, 4.69) is 0 Å². The fourth-order valence-corrected chi connectivity index (χ4v) is 4.11. The normalized spacial score (nSPS) is 20.1. The number of furan rings is 1. The molecule has 0 N–H and O–H groups in total. The first-order valence-electron chi connectivity index (χ1n) is 10.4. The van der Waals surface area contributed by atoms with Crippen LogP contribution in [-0.2, 0) is 20.9 Å². The van der Waals surface area contributed by atoms with E-state index in [4.69, 9.17) is 9.15 Å². The van der Waals surface area contributed by atoms with Gasteiger partial charge >= 0.3 is 0 Å². The molecular weight excluding hydrogens is 344 g/mol. The fourth-order valence-electron chi connectivity index (χ4n) is 4.11. The Hall–Kier alpha value is -1.82. The first-order valence-corrected chi connectivity index (χ1v) is 10.4. The minimum atomic E-state index is -0.0262. The van der Waals surface area contributed by atoms with Crippen molar-refractivity contribution in [3.05, 3.63) is 24.2 Å². The minimum absolute atomic E-state index is 0.0262. The van der Waals surface area contributed by atoms with Crippen molar-refractivity contribution >= 4 is 11.8 Å². The summed E-state index contributed by atoms with van der Waals surface area (Å²) in [6.45, 7) is 4.56. The Labute approximate surface area is 161 Å². The van der Waals surface area contributed by atoms with Crippen molar-refractivity contribution in [1.29, 1.82) is 0 Å². The molecule has 3 rings (SSSR count). The van der Waals surface area contributed by atoms with Crippen LogP contribution >= 0.6 is 0 Å². The lowest BCUT2D eigenvalue weighted by Crippen LogP contribution is -2.46. The van der Waals surface area contributed by atoms with E-state index in [-0.39, 0.29) is 30.4 Å². The van der Waals surface area contributed by atoms with Gasteiger partial charge in [0.1, 0.15) is 5.76 Å². The Bertz CT molecular complexity index is 589. The van der Waals surface area contributed by atoms with E-state index >= 15 is 0 Å². The van der Waals surface area contributed by atoms with Crippen LogP contribution in [0.15, 0.2) is 22.8 Å². The van der Waals surface area contributed by atoms with Gasteiger partial charge in [-0.25, -0.2) is 0 Å². The van der Waals surface area contributed by atoms with Crippen LogP contribution in [-0.4, -0.2) is 54.0 Å². The quantitative estimate of drug-likeness (QED) is 0.664. The van der Waals surface area contributed by atoms with Gasteiger partial charge in [0.2, 0.25) is 11.8 Å². The summed E-state index contributed by atoms with van der Waals surface area (Å²) >= 11 is 0. The average Bonchev–Trinajstić information content (AvgIpc) is 3.42.